The van der Waals surface area contributed by atoms with Crippen LogP contribution in [0.4, 0.5) is 0 Å². The van der Waals surface area contributed by atoms with E-state index in [1.165, 1.54) is 0 Å². The van der Waals surface area contributed by atoms with Crippen molar-refractivity contribution < 1.29 is 24.6 Å². The summed E-state index contributed by atoms with van der Waals surface area (Å²) in [6, 6.07) is -1.16. The zero-order valence-corrected chi connectivity index (χ0v) is 6.69. The smallest absolute Gasteiger partial charge is 0.321 e. The molecule has 72 valence electrons. The largest absolute Gasteiger partial charge is 0.481 e. The Morgan fingerprint density at radius 3 is 2.38 bits per heavy atom. The Balaban J connectivity index is 2.77. The Kier molecular flexibility index (Phi) is 2.62. The van der Waals surface area contributed by atoms with Crippen LogP contribution in [-0.4, -0.2) is 40.5 Å². The molecule has 6 heteroatoms. The van der Waals surface area contributed by atoms with Crippen LogP contribution in [0.1, 0.15) is 6.42 Å². The summed E-state index contributed by atoms with van der Waals surface area (Å²) in [5, 5.41) is 19.6. The van der Waals surface area contributed by atoms with Gasteiger partial charge in [0.25, 0.3) is 0 Å². The van der Waals surface area contributed by atoms with E-state index in [0.29, 0.717) is 0 Å². The number of hydrogen-bond donors (Lipinski definition) is 3. The number of aliphatic carboxylic acids is 2. The highest BCUT2D eigenvalue weighted by atomic mass is 16.4. The predicted molar refractivity (Wildman–Crippen MR) is 40.2 cm³/mol. The Bertz CT molecular complexity index is 262. The summed E-state index contributed by atoms with van der Waals surface area (Å²) in [6.45, 7) is -0.0687. The summed E-state index contributed by atoms with van der Waals surface area (Å²) in [4.78, 5) is 31.9. The van der Waals surface area contributed by atoms with Crippen molar-refractivity contribution in [3.63, 3.8) is 0 Å². The first-order chi connectivity index (χ1) is 6.02. The second kappa shape index (κ2) is 3.53. The van der Waals surface area contributed by atoms with Crippen molar-refractivity contribution in [3.8, 4) is 0 Å². The molecule has 1 heterocycles. The van der Waals surface area contributed by atoms with Crippen molar-refractivity contribution in [2.24, 2.45) is 5.92 Å². The highest BCUT2D eigenvalue weighted by Crippen LogP contribution is 2.14. The molecule has 1 unspecified atom stereocenters. The summed E-state index contributed by atoms with van der Waals surface area (Å²) in [5.74, 6) is -3.92. The van der Waals surface area contributed by atoms with Crippen LogP contribution in [0, 0.1) is 5.92 Å². The maximum atomic E-state index is 10.8. The average Bonchev–Trinajstić information content (AvgIpc) is 2.03. The minimum atomic E-state index is -1.26. The molecule has 1 aliphatic rings. The van der Waals surface area contributed by atoms with Crippen LogP contribution >= 0.6 is 0 Å². The lowest BCUT2D eigenvalue weighted by molar-refractivity contribution is -0.153. The van der Waals surface area contributed by atoms with Gasteiger partial charge in [0.15, 0.2) is 0 Å². The molecule has 0 saturated carbocycles. The molecule has 1 saturated heterocycles. The maximum absolute atomic E-state index is 10.8. The number of Topliss-reactive ketones (excluding diaryl/α,β-unsaturated/α-hetero) is 1. The first-order valence-electron chi connectivity index (χ1n) is 3.73. The molecular weight excluding hydrogens is 178 g/mol. The number of carbonyl (C=O) groups excluding carboxylic acids is 1. The molecule has 0 bridgehead atoms. The zero-order valence-electron chi connectivity index (χ0n) is 6.69. The first kappa shape index (κ1) is 9.66. The van der Waals surface area contributed by atoms with Crippen molar-refractivity contribution in [2.45, 2.75) is 12.5 Å². The van der Waals surface area contributed by atoms with E-state index in [1.54, 1.807) is 0 Å². The second-order valence-corrected chi connectivity index (χ2v) is 2.88. The van der Waals surface area contributed by atoms with Crippen molar-refractivity contribution in [3.05, 3.63) is 0 Å². The van der Waals surface area contributed by atoms with Gasteiger partial charge in [0.1, 0.15) is 11.8 Å². The maximum Gasteiger partial charge on any atom is 0.321 e. The molecule has 3 N–H and O–H groups in total. The molecule has 0 radical (unpaired) electrons. The minimum Gasteiger partial charge on any atom is -0.481 e. The molecule has 2 atom stereocenters. The van der Waals surface area contributed by atoms with Gasteiger partial charge in [-0.05, 0) is 0 Å². The van der Waals surface area contributed by atoms with E-state index in [-0.39, 0.29) is 18.7 Å². The number of nitrogens with one attached hydrogen (secondary N) is 1. The fourth-order valence-corrected chi connectivity index (χ4v) is 1.29. The molecule has 0 aromatic carbocycles. The number of piperidine rings is 1. The summed E-state index contributed by atoms with van der Waals surface area (Å²) in [6.07, 6.45) is -0.209. The van der Waals surface area contributed by atoms with Crippen molar-refractivity contribution in [2.75, 3.05) is 6.54 Å². The van der Waals surface area contributed by atoms with Gasteiger partial charge in [-0.2, -0.15) is 0 Å². The summed E-state index contributed by atoms with van der Waals surface area (Å²) >= 11 is 0. The second-order valence-electron chi connectivity index (χ2n) is 2.88. The van der Waals surface area contributed by atoms with E-state index in [0.717, 1.165) is 0 Å². The summed E-state index contributed by atoms with van der Waals surface area (Å²) < 4.78 is 0. The van der Waals surface area contributed by atoms with Crippen molar-refractivity contribution in [1.82, 2.24) is 5.32 Å². The molecule has 0 aliphatic carbocycles. The Morgan fingerprint density at radius 2 is 1.92 bits per heavy atom. The Morgan fingerprint density at radius 1 is 1.31 bits per heavy atom. The van der Waals surface area contributed by atoms with Gasteiger partial charge < -0.3 is 10.2 Å². The summed E-state index contributed by atoms with van der Waals surface area (Å²) in [7, 11) is 0. The lowest BCUT2D eigenvalue weighted by Gasteiger charge is -2.25. The number of rotatable bonds is 2. The van der Waals surface area contributed by atoms with E-state index in [2.05, 4.69) is 5.32 Å². The van der Waals surface area contributed by atoms with Gasteiger partial charge in [0.2, 0.25) is 0 Å². The highest BCUT2D eigenvalue weighted by molar-refractivity contribution is 5.91. The monoisotopic (exact) mass is 187 g/mol. The van der Waals surface area contributed by atoms with E-state index in [4.69, 9.17) is 10.2 Å². The molecule has 1 aliphatic heterocycles. The van der Waals surface area contributed by atoms with E-state index in [9.17, 15) is 14.4 Å². The SMILES string of the molecule is O=C1CN[C@H](C(=O)O)C(C(=O)O)C1. The molecular formula is C7H9NO5. The molecule has 0 aromatic heterocycles. The molecule has 0 amide bonds. The number of carboxylic acid groups (broad SMARTS) is 2. The number of ketones is 1. The van der Waals surface area contributed by atoms with Crippen LogP contribution < -0.4 is 5.32 Å². The quantitative estimate of drug-likeness (QED) is 0.496. The Hall–Kier alpha value is -1.43. The normalized spacial score (nSPS) is 28.5. The predicted octanol–water partition coefficient (Wildman–Crippen LogP) is -1.30. The van der Waals surface area contributed by atoms with Crippen LogP contribution in [0.15, 0.2) is 0 Å². The standard InChI is InChI=1S/C7H9NO5/c9-3-1-4(6(10)11)5(7(12)13)8-2-3/h4-5,8H,1-2H2,(H,10,11)(H,12,13)/t4?,5-/m0/s1. The number of carboxylic acids is 2. The van der Waals surface area contributed by atoms with Crippen LogP contribution in [0.2, 0.25) is 0 Å². The van der Waals surface area contributed by atoms with Gasteiger partial charge in [-0.3, -0.25) is 19.7 Å². The first-order valence-corrected chi connectivity index (χ1v) is 3.73. The fourth-order valence-electron chi connectivity index (χ4n) is 1.29. The molecule has 0 aromatic rings. The van der Waals surface area contributed by atoms with Gasteiger partial charge in [0, 0.05) is 6.42 Å². The molecule has 6 nitrogen and oxygen atoms in total. The van der Waals surface area contributed by atoms with Crippen LogP contribution in [-0.2, 0) is 14.4 Å². The molecule has 1 rings (SSSR count). The number of carbonyl (C=O) groups is 3. The zero-order chi connectivity index (χ0) is 10.0. The minimum absolute atomic E-state index is 0.0687. The molecule has 1 fully saturated rings. The third kappa shape index (κ3) is 2.03. The van der Waals surface area contributed by atoms with Crippen molar-refractivity contribution >= 4 is 17.7 Å². The van der Waals surface area contributed by atoms with E-state index in [1.807, 2.05) is 0 Å². The van der Waals surface area contributed by atoms with Crippen LogP contribution in [0.5, 0.6) is 0 Å². The fraction of sp³-hybridized carbons (Fsp3) is 0.571. The van der Waals surface area contributed by atoms with Gasteiger partial charge in [-0.1, -0.05) is 0 Å². The third-order valence-electron chi connectivity index (χ3n) is 1.95. The van der Waals surface area contributed by atoms with Gasteiger partial charge in [0.05, 0.1) is 12.5 Å². The lowest BCUT2D eigenvalue weighted by atomic mass is 9.90. The molecule has 13 heavy (non-hydrogen) atoms. The third-order valence-corrected chi connectivity index (χ3v) is 1.95. The van der Waals surface area contributed by atoms with E-state index < -0.39 is 23.9 Å². The number of hydrogen-bond acceptors (Lipinski definition) is 4. The Labute approximate surface area is 73.5 Å². The van der Waals surface area contributed by atoms with Gasteiger partial charge in [-0.25, -0.2) is 0 Å². The summed E-state index contributed by atoms with van der Waals surface area (Å²) in [5.41, 5.74) is 0. The van der Waals surface area contributed by atoms with Crippen LogP contribution in [0.3, 0.4) is 0 Å². The van der Waals surface area contributed by atoms with Crippen LogP contribution in [0.25, 0.3) is 0 Å². The highest BCUT2D eigenvalue weighted by Gasteiger charge is 2.38. The van der Waals surface area contributed by atoms with E-state index >= 15 is 0 Å². The lowest BCUT2D eigenvalue weighted by Crippen LogP contribution is -2.52. The topological polar surface area (TPSA) is 104 Å². The average molecular weight is 187 g/mol. The van der Waals surface area contributed by atoms with Crippen molar-refractivity contribution in [1.29, 1.82) is 0 Å². The van der Waals surface area contributed by atoms with Gasteiger partial charge in [-0.15, -0.1) is 0 Å². The molecule has 0 spiro atoms. The van der Waals surface area contributed by atoms with Gasteiger partial charge >= 0.3 is 11.9 Å².